The van der Waals surface area contributed by atoms with Gasteiger partial charge in [-0.3, -0.25) is 9.69 Å². The molecule has 2 aromatic carbocycles. The first kappa shape index (κ1) is 16.3. The molecule has 1 unspecified atom stereocenters. The summed E-state index contributed by atoms with van der Waals surface area (Å²) in [5.74, 6) is 0.107. The zero-order valence-electron chi connectivity index (χ0n) is 14.6. The van der Waals surface area contributed by atoms with Crippen LogP contribution in [0.15, 0.2) is 60.7 Å². The van der Waals surface area contributed by atoms with E-state index in [4.69, 9.17) is 4.74 Å². The third kappa shape index (κ3) is 3.32. The molecule has 1 spiro atoms. The molecule has 0 bridgehead atoms. The number of hydrogen-bond donors (Lipinski definition) is 0. The highest BCUT2D eigenvalue weighted by molar-refractivity contribution is 5.94. The summed E-state index contributed by atoms with van der Waals surface area (Å²) in [6.45, 7) is 3.08. The summed E-state index contributed by atoms with van der Waals surface area (Å²) in [6.07, 6.45) is 0.995. The minimum absolute atomic E-state index is 0.107. The van der Waals surface area contributed by atoms with E-state index in [1.165, 1.54) is 5.56 Å². The maximum atomic E-state index is 12.5. The van der Waals surface area contributed by atoms with Gasteiger partial charge in [-0.05, 0) is 31.2 Å². The lowest BCUT2D eigenvalue weighted by molar-refractivity contribution is -0.0950. The smallest absolute Gasteiger partial charge is 0.254 e. The maximum Gasteiger partial charge on any atom is 0.254 e. The van der Waals surface area contributed by atoms with Crippen LogP contribution in [-0.2, 0) is 11.3 Å². The Hall–Kier alpha value is -2.17. The average Bonchev–Trinajstić information content (AvgIpc) is 3.07. The fourth-order valence-electron chi connectivity index (χ4n) is 3.88. The standard InChI is InChI=1S/C21H24N2O2/c1-22(13-17-8-4-2-5-9-17)19-12-21(25-14-19)15-23(16-21)20(24)18-10-6-3-7-11-18/h2-11,19H,12-16H2,1H3. The fourth-order valence-corrected chi connectivity index (χ4v) is 3.88. The van der Waals surface area contributed by atoms with E-state index < -0.39 is 0 Å². The molecule has 2 fully saturated rings. The molecular weight excluding hydrogens is 312 g/mol. The van der Waals surface area contributed by atoms with Crippen molar-refractivity contribution in [3.05, 3.63) is 71.8 Å². The number of likely N-dealkylation sites (N-methyl/N-ethyl adjacent to an activating group) is 1. The first-order valence-electron chi connectivity index (χ1n) is 8.88. The minimum Gasteiger partial charge on any atom is -0.370 e. The zero-order valence-corrected chi connectivity index (χ0v) is 14.6. The lowest BCUT2D eigenvalue weighted by Crippen LogP contribution is -2.63. The number of nitrogens with zero attached hydrogens (tertiary/aromatic N) is 2. The molecule has 1 atom stereocenters. The molecule has 130 valence electrons. The van der Waals surface area contributed by atoms with Gasteiger partial charge >= 0.3 is 0 Å². The normalized spacial score (nSPS) is 21.5. The van der Waals surface area contributed by atoms with Crippen LogP contribution in [0.5, 0.6) is 0 Å². The number of rotatable bonds is 4. The molecule has 0 aromatic heterocycles. The van der Waals surface area contributed by atoms with Crippen LogP contribution >= 0.6 is 0 Å². The van der Waals surface area contributed by atoms with Crippen molar-refractivity contribution in [1.29, 1.82) is 0 Å². The van der Waals surface area contributed by atoms with Gasteiger partial charge in [0.2, 0.25) is 0 Å². The van der Waals surface area contributed by atoms with E-state index in [2.05, 4.69) is 36.2 Å². The van der Waals surface area contributed by atoms with Crippen LogP contribution in [0.1, 0.15) is 22.3 Å². The molecule has 2 saturated heterocycles. The first-order chi connectivity index (χ1) is 12.2. The molecule has 25 heavy (non-hydrogen) atoms. The molecule has 2 aliphatic rings. The van der Waals surface area contributed by atoms with Gasteiger partial charge in [0.25, 0.3) is 5.91 Å². The highest BCUT2D eigenvalue weighted by Gasteiger charge is 2.51. The monoisotopic (exact) mass is 336 g/mol. The van der Waals surface area contributed by atoms with Gasteiger partial charge in [-0.25, -0.2) is 0 Å². The predicted molar refractivity (Wildman–Crippen MR) is 97.3 cm³/mol. The summed E-state index contributed by atoms with van der Waals surface area (Å²) in [4.78, 5) is 16.7. The Morgan fingerprint density at radius 1 is 1.12 bits per heavy atom. The molecule has 4 heteroatoms. The van der Waals surface area contributed by atoms with Gasteiger partial charge in [-0.2, -0.15) is 0 Å². The van der Waals surface area contributed by atoms with Crippen LogP contribution in [0.4, 0.5) is 0 Å². The van der Waals surface area contributed by atoms with Gasteiger partial charge < -0.3 is 9.64 Å². The van der Waals surface area contributed by atoms with Crippen molar-refractivity contribution in [1.82, 2.24) is 9.80 Å². The molecule has 4 nitrogen and oxygen atoms in total. The molecule has 2 heterocycles. The highest BCUT2D eigenvalue weighted by atomic mass is 16.5. The van der Waals surface area contributed by atoms with Crippen molar-refractivity contribution >= 4 is 5.91 Å². The maximum absolute atomic E-state index is 12.5. The molecule has 1 amide bonds. The third-order valence-corrected chi connectivity index (χ3v) is 5.35. The summed E-state index contributed by atoms with van der Waals surface area (Å²) < 4.78 is 6.13. The van der Waals surface area contributed by atoms with Crippen molar-refractivity contribution in [2.24, 2.45) is 0 Å². The Morgan fingerprint density at radius 3 is 2.44 bits per heavy atom. The van der Waals surface area contributed by atoms with Gasteiger partial charge in [0, 0.05) is 18.2 Å². The number of amides is 1. The van der Waals surface area contributed by atoms with Gasteiger partial charge in [0.15, 0.2) is 0 Å². The Bertz CT molecular complexity index is 726. The second-order valence-corrected chi connectivity index (χ2v) is 7.28. The second kappa shape index (κ2) is 6.62. The highest BCUT2D eigenvalue weighted by Crippen LogP contribution is 2.37. The molecule has 0 saturated carbocycles. The molecule has 2 aromatic rings. The van der Waals surface area contributed by atoms with Crippen LogP contribution in [-0.4, -0.2) is 54.1 Å². The lowest BCUT2D eigenvalue weighted by Gasteiger charge is -2.47. The summed E-state index contributed by atoms with van der Waals surface area (Å²) in [7, 11) is 2.16. The van der Waals surface area contributed by atoms with Crippen LogP contribution in [0, 0.1) is 0 Å². The van der Waals surface area contributed by atoms with Gasteiger partial charge in [-0.15, -0.1) is 0 Å². The number of carbonyl (C=O) groups excluding carboxylic acids is 1. The van der Waals surface area contributed by atoms with Crippen molar-refractivity contribution < 1.29 is 9.53 Å². The summed E-state index contributed by atoms with van der Waals surface area (Å²) in [5, 5.41) is 0. The molecule has 0 radical (unpaired) electrons. The van der Waals surface area contributed by atoms with E-state index in [9.17, 15) is 4.79 Å². The minimum atomic E-state index is -0.139. The molecule has 0 aliphatic carbocycles. The number of hydrogen-bond acceptors (Lipinski definition) is 3. The van der Waals surface area contributed by atoms with Crippen molar-refractivity contribution in [2.75, 3.05) is 26.7 Å². The largest absolute Gasteiger partial charge is 0.370 e. The number of benzene rings is 2. The third-order valence-electron chi connectivity index (χ3n) is 5.35. The van der Waals surface area contributed by atoms with Crippen molar-refractivity contribution in [3.8, 4) is 0 Å². The van der Waals surface area contributed by atoms with Crippen LogP contribution in [0.3, 0.4) is 0 Å². The fraction of sp³-hybridized carbons (Fsp3) is 0.381. The topological polar surface area (TPSA) is 32.8 Å². The van der Waals surface area contributed by atoms with E-state index in [1.54, 1.807) is 0 Å². The zero-order chi connectivity index (χ0) is 17.3. The number of carbonyl (C=O) groups is 1. The van der Waals surface area contributed by atoms with E-state index in [-0.39, 0.29) is 11.5 Å². The Balaban J connectivity index is 1.32. The summed E-state index contributed by atoms with van der Waals surface area (Å²) >= 11 is 0. The average molecular weight is 336 g/mol. The Morgan fingerprint density at radius 2 is 1.76 bits per heavy atom. The first-order valence-corrected chi connectivity index (χ1v) is 8.88. The van der Waals surface area contributed by atoms with Gasteiger partial charge in [-0.1, -0.05) is 48.5 Å². The van der Waals surface area contributed by atoms with Crippen LogP contribution in [0.2, 0.25) is 0 Å². The number of ether oxygens (including phenoxy) is 1. The van der Waals surface area contributed by atoms with E-state index in [1.807, 2.05) is 41.3 Å². The van der Waals surface area contributed by atoms with Crippen molar-refractivity contribution in [3.63, 3.8) is 0 Å². The van der Waals surface area contributed by atoms with Crippen LogP contribution < -0.4 is 0 Å². The summed E-state index contributed by atoms with van der Waals surface area (Å²) in [5.41, 5.74) is 1.94. The van der Waals surface area contributed by atoms with Crippen LogP contribution in [0.25, 0.3) is 0 Å². The van der Waals surface area contributed by atoms with Crippen molar-refractivity contribution in [2.45, 2.75) is 24.6 Å². The van der Waals surface area contributed by atoms with E-state index in [0.29, 0.717) is 19.1 Å². The van der Waals surface area contributed by atoms with E-state index >= 15 is 0 Å². The molecule has 0 N–H and O–H groups in total. The van der Waals surface area contributed by atoms with Gasteiger partial charge in [0.05, 0.1) is 19.7 Å². The summed E-state index contributed by atoms with van der Waals surface area (Å²) in [6, 6.07) is 20.4. The Labute approximate surface area is 149 Å². The Kier molecular flexibility index (Phi) is 4.32. The second-order valence-electron chi connectivity index (χ2n) is 7.28. The molecular formula is C21H24N2O2. The predicted octanol–water partition coefficient (Wildman–Crippen LogP) is 2.80. The molecule has 2 aliphatic heterocycles. The van der Waals surface area contributed by atoms with E-state index in [0.717, 1.165) is 25.1 Å². The lowest BCUT2D eigenvalue weighted by atomic mass is 9.88. The quantitative estimate of drug-likeness (QED) is 0.861. The van der Waals surface area contributed by atoms with Gasteiger partial charge in [0.1, 0.15) is 5.60 Å². The number of likely N-dealkylation sites (tertiary alicyclic amines) is 1. The SMILES string of the molecule is CN(Cc1ccccc1)C1COC2(C1)CN(C(=O)c1ccccc1)C2. The molecule has 4 rings (SSSR count).